The Hall–Kier alpha value is -2.56. The van der Waals surface area contributed by atoms with Crippen LogP contribution >= 0.6 is 0 Å². The smallest absolute Gasteiger partial charge is 0.336 e. The zero-order chi connectivity index (χ0) is 14.1. The van der Waals surface area contributed by atoms with Crippen molar-refractivity contribution in [3.8, 4) is 0 Å². The molecule has 1 aromatic carbocycles. The standard InChI is InChI=1S/C15H15N3O2/c1-17-11(5-8-16-17)6-9-18-10-7-12-13(15(19)20)3-2-4-14(12)18/h2-5,7-8,10H,6,9H2,1H3,(H,19,20). The van der Waals surface area contributed by atoms with E-state index < -0.39 is 5.97 Å². The third-order valence-electron chi connectivity index (χ3n) is 3.58. The van der Waals surface area contributed by atoms with E-state index in [-0.39, 0.29) is 0 Å². The van der Waals surface area contributed by atoms with Crippen LogP contribution in [-0.2, 0) is 20.0 Å². The number of carbonyl (C=O) groups is 1. The molecular formula is C15H15N3O2. The monoisotopic (exact) mass is 269 g/mol. The van der Waals surface area contributed by atoms with Crippen LogP contribution in [0.3, 0.4) is 0 Å². The lowest BCUT2D eigenvalue weighted by molar-refractivity contribution is 0.0699. The van der Waals surface area contributed by atoms with Gasteiger partial charge in [-0.3, -0.25) is 4.68 Å². The van der Waals surface area contributed by atoms with Gasteiger partial charge in [0, 0.05) is 49.0 Å². The predicted molar refractivity (Wildman–Crippen MR) is 75.8 cm³/mol. The second kappa shape index (κ2) is 4.85. The van der Waals surface area contributed by atoms with Crippen molar-refractivity contribution in [3.05, 3.63) is 54.0 Å². The quantitative estimate of drug-likeness (QED) is 0.790. The van der Waals surface area contributed by atoms with Gasteiger partial charge in [-0.05, 0) is 24.3 Å². The predicted octanol–water partition coefficient (Wildman–Crippen LogP) is 2.32. The Morgan fingerprint density at radius 3 is 2.85 bits per heavy atom. The van der Waals surface area contributed by atoms with Gasteiger partial charge in [0.25, 0.3) is 0 Å². The van der Waals surface area contributed by atoms with Gasteiger partial charge in [0.2, 0.25) is 0 Å². The first-order valence-corrected chi connectivity index (χ1v) is 6.45. The molecule has 0 spiro atoms. The highest BCUT2D eigenvalue weighted by Gasteiger charge is 2.10. The molecular weight excluding hydrogens is 254 g/mol. The van der Waals surface area contributed by atoms with E-state index in [1.54, 1.807) is 18.3 Å². The first kappa shape index (κ1) is 12.5. The maximum Gasteiger partial charge on any atom is 0.336 e. The average Bonchev–Trinajstić information content (AvgIpc) is 3.02. The molecule has 3 aromatic rings. The fourth-order valence-corrected chi connectivity index (χ4v) is 2.49. The van der Waals surface area contributed by atoms with Crippen LogP contribution < -0.4 is 0 Å². The zero-order valence-corrected chi connectivity index (χ0v) is 11.2. The summed E-state index contributed by atoms with van der Waals surface area (Å²) in [6.07, 6.45) is 4.58. The van der Waals surface area contributed by atoms with Crippen LogP contribution in [-0.4, -0.2) is 25.4 Å². The maximum atomic E-state index is 11.2. The molecule has 0 aliphatic carbocycles. The molecule has 0 unspecified atom stereocenters. The largest absolute Gasteiger partial charge is 0.478 e. The molecule has 0 amide bonds. The molecule has 0 fully saturated rings. The second-order valence-electron chi connectivity index (χ2n) is 4.75. The summed E-state index contributed by atoms with van der Waals surface area (Å²) in [5.41, 5.74) is 2.45. The molecule has 5 heteroatoms. The third kappa shape index (κ3) is 2.07. The Labute approximate surface area is 116 Å². The number of carboxylic acids is 1. The first-order valence-electron chi connectivity index (χ1n) is 6.45. The fourth-order valence-electron chi connectivity index (χ4n) is 2.49. The van der Waals surface area contributed by atoms with Gasteiger partial charge < -0.3 is 9.67 Å². The van der Waals surface area contributed by atoms with Crippen molar-refractivity contribution in [3.63, 3.8) is 0 Å². The molecule has 0 saturated carbocycles. The minimum absolute atomic E-state index is 0.349. The van der Waals surface area contributed by atoms with Gasteiger partial charge in [-0.25, -0.2) is 4.79 Å². The SMILES string of the molecule is Cn1nccc1CCn1ccc2c(C(=O)O)cccc21. The van der Waals surface area contributed by atoms with Gasteiger partial charge in [-0.2, -0.15) is 5.10 Å². The molecule has 2 heterocycles. The third-order valence-corrected chi connectivity index (χ3v) is 3.58. The molecule has 0 saturated heterocycles. The number of nitrogens with zero attached hydrogens (tertiary/aromatic N) is 3. The van der Waals surface area contributed by atoms with E-state index in [9.17, 15) is 9.90 Å². The highest BCUT2D eigenvalue weighted by atomic mass is 16.4. The van der Waals surface area contributed by atoms with Crippen molar-refractivity contribution in [1.29, 1.82) is 0 Å². The van der Waals surface area contributed by atoms with E-state index in [4.69, 9.17) is 0 Å². The Morgan fingerprint density at radius 2 is 2.15 bits per heavy atom. The van der Waals surface area contributed by atoms with Crippen molar-refractivity contribution < 1.29 is 9.90 Å². The van der Waals surface area contributed by atoms with Gasteiger partial charge in [0.15, 0.2) is 0 Å². The first-order chi connectivity index (χ1) is 9.66. The number of aromatic carboxylic acids is 1. The number of hydrogen-bond acceptors (Lipinski definition) is 2. The van der Waals surface area contributed by atoms with Crippen molar-refractivity contribution >= 4 is 16.9 Å². The minimum atomic E-state index is -0.889. The summed E-state index contributed by atoms with van der Waals surface area (Å²) in [7, 11) is 1.92. The molecule has 2 aromatic heterocycles. The lowest BCUT2D eigenvalue weighted by atomic mass is 10.1. The molecule has 20 heavy (non-hydrogen) atoms. The average molecular weight is 269 g/mol. The van der Waals surface area contributed by atoms with Crippen molar-refractivity contribution in [2.45, 2.75) is 13.0 Å². The molecule has 1 N–H and O–H groups in total. The van der Waals surface area contributed by atoms with Crippen LogP contribution in [0.1, 0.15) is 16.1 Å². The Bertz CT molecular complexity index is 770. The number of hydrogen-bond donors (Lipinski definition) is 1. The molecule has 102 valence electrons. The van der Waals surface area contributed by atoms with Gasteiger partial charge in [-0.1, -0.05) is 6.07 Å². The van der Waals surface area contributed by atoms with E-state index in [0.29, 0.717) is 5.56 Å². The highest BCUT2D eigenvalue weighted by Crippen LogP contribution is 2.20. The molecule has 5 nitrogen and oxygen atoms in total. The number of aromatic nitrogens is 3. The number of benzene rings is 1. The Balaban J connectivity index is 1.91. The van der Waals surface area contributed by atoms with Crippen LogP contribution in [0.5, 0.6) is 0 Å². The summed E-state index contributed by atoms with van der Waals surface area (Å²) in [5.74, 6) is -0.889. The van der Waals surface area contributed by atoms with Crippen LogP contribution in [0.4, 0.5) is 0 Å². The topological polar surface area (TPSA) is 60.0 Å². The lowest BCUT2D eigenvalue weighted by Gasteiger charge is -2.06. The highest BCUT2D eigenvalue weighted by molar-refractivity contribution is 6.02. The van der Waals surface area contributed by atoms with Gasteiger partial charge in [0.05, 0.1) is 5.56 Å². The van der Waals surface area contributed by atoms with Gasteiger partial charge in [-0.15, -0.1) is 0 Å². The summed E-state index contributed by atoms with van der Waals surface area (Å²) in [4.78, 5) is 11.2. The normalized spacial score (nSPS) is 11.1. The van der Waals surface area contributed by atoms with E-state index in [0.717, 1.165) is 29.6 Å². The molecule has 0 aliphatic rings. The van der Waals surface area contributed by atoms with Gasteiger partial charge in [0.1, 0.15) is 0 Å². The molecule has 0 radical (unpaired) electrons. The van der Waals surface area contributed by atoms with E-state index in [2.05, 4.69) is 9.67 Å². The molecule has 0 aliphatic heterocycles. The maximum absolute atomic E-state index is 11.2. The zero-order valence-electron chi connectivity index (χ0n) is 11.2. The van der Waals surface area contributed by atoms with Crippen LogP contribution in [0.15, 0.2) is 42.7 Å². The Morgan fingerprint density at radius 1 is 1.30 bits per heavy atom. The number of aryl methyl sites for hydroxylation is 3. The number of carboxylic acid groups (broad SMARTS) is 1. The van der Waals surface area contributed by atoms with E-state index in [1.165, 1.54) is 0 Å². The minimum Gasteiger partial charge on any atom is -0.478 e. The summed E-state index contributed by atoms with van der Waals surface area (Å²) in [6, 6.07) is 9.23. The van der Waals surface area contributed by atoms with E-state index in [1.807, 2.05) is 36.1 Å². The summed E-state index contributed by atoms with van der Waals surface area (Å²) >= 11 is 0. The molecule has 3 rings (SSSR count). The van der Waals surface area contributed by atoms with Crippen molar-refractivity contribution in [1.82, 2.24) is 14.3 Å². The fraction of sp³-hybridized carbons (Fsp3) is 0.200. The van der Waals surface area contributed by atoms with E-state index >= 15 is 0 Å². The van der Waals surface area contributed by atoms with Crippen LogP contribution in [0.25, 0.3) is 10.9 Å². The van der Waals surface area contributed by atoms with Crippen LogP contribution in [0, 0.1) is 0 Å². The molecule has 0 bridgehead atoms. The lowest BCUT2D eigenvalue weighted by Crippen LogP contribution is -2.05. The summed E-state index contributed by atoms with van der Waals surface area (Å²) < 4.78 is 3.93. The number of rotatable bonds is 4. The second-order valence-corrected chi connectivity index (χ2v) is 4.75. The Kier molecular flexibility index (Phi) is 3.02. The number of fused-ring (bicyclic) bond motifs is 1. The van der Waals surface area contributed by atoms with Gasteiger partial charge >= 0.3 is 5.97 Å². The van der Waals surface area contributed by atoms with Crippen molar-refractivity contribution in [2.75, 3.05) is 0 Å². The summed E-state index contributed by atoms with van der Waals surface area (Å²) in [6.45, 7) is 0.798. The van der Waals surface area contributed by atoms with Crippen LogP contribution in [0.2, 0.25) is 0 Å². The summed E-state index contributed by atoms with van der Waals surface area (Å²) in [5, 5.41) is 14.1. The molecule has 0 atom stereocenters. The van der Waals surface area contributed by atoms with Crippen molar-refractivity contribution in [2.24, 2.45) is 7.05 Å².